The van der Waals surface area contributed by atoms with Gasteiger partial charge in [-0.3, -0.25) is 14.4 Å². The summed E-state index contributed by atoms with van der Waals surface area (Å²) in [6.45, 7) is 2.01. The van der Waals surface area contributed by atoms with Crippen LogP contribution in [-0.2, 0) is 0 Å². The van der Waals surface area contributed by atoms with E-state index in [0.29, 0.717) is 39.5 Å². The average Bonchev–Trinajstić information content (AvgIpc) is 3.49. The summed E-state index contributed by atoms with van der Waals surface area (Å²) in [5.74, 6) is -0.412. The molecule has 0 N–H and O–H groups in total. The Hall–Kier alpha value is -5.17. The summed E-state index contributed by atoms with van der Waals surface area (Å²) in [6, 6.07) is 23.6. The van der Waals surface area contributed by atoms with Crippen molar-refractivity contribution in [3.05, 3.63) is 124 Å². The molecule has 0 aromatic heterocycles. The van der Waals surface area contributed by atoms with Crippen molar-refractivity contribution in [2.45, 2.75) is 24.9 Å². The fraction of sp³-hybridized carbons (Fsp3) is 0.216. The molecule has 0 amide bonds. The first-order valence-electron chi connectivity index (χ1n) is 14.5. The normalized spacial score (nSPS) is 20.7. The summed E-state index contributed by atoms with van der Waals surface area (Å²) >= 11 is 0. The van der Waals surface area contributed by atoms with Crippen molar-refractivity contribution in [1.82, 2.24) is 0 Å². The number of hydrogen-bond donors (Lipinski definition) is 0. The molecule has 220 valence electrons. The van der Waals surface area contributed by atoms with Crippen molar-refractivity contribution >= 4 is 29.1 Å². The molecule has 1 fully saturated rings. The Kier molecular flexibility index (Phi) is 6.43. The van der Waals surface area contributed by atoms with Crippen LogP contribution in [0.25, 0.3) is 6.08 Å². The highest BCUT2D eigenvalue weighted by Gasteiger charge is 2.72. The molecule has 3 aliphatic rings. The van der Waals surface area contributed by atoms with Gasteiger partial charge in [-0.05, 0) is 42.8 Å². The van der Waals surface area contributed by atoms with Crippen LogP contribution < -0.4 is 19.1 Å². The summed E-state index contributed by atoms with van der Waals surface area (Å²) in [7, 11) is 4.62. The number of carbonyl (C=O) groups excluding carboxylic acids is 3. The van der Waals surface area contributed by atoms with Crippen LogP contribution >= 0.6 is 0 Å². The standard InChI is InChI=1S/C37H31NO6/c1-21-15-17-28-22(19-21)16-18-30-37(35(40)25-11-5-6-12-26(25)36(37)41)31(27-13-8-14-29(43-3)34(27)44-4)32(38(28)30)33(39)23-9-7-10-24(20-23)42-2/h5-20,30-32H,1-4H3/t30?,31-,32+/m0/s1. The Labute approximate surface area is 255 Å². The van der Waals surface area contributed by atoms with Gasteiger partial charge in [0.15, 0.2) is 28.8 Å². The third-order valence-corrected chi connectivity index (χ3v) is 9.35. The van der Waals surface area contributed by atoms with Gasteiger partial charge in [0, 0.05) is 33.9 Å². The number of ketones is 3. The molecule has 7 nitrogen and oxygen atoms in total. The monoisotopic (exact) mass is 585 g/mol. The third kappa shape index (κ3) is 3.65. The Morgan fingerprint density at radius 3 is 2.20 bits per heavy atom. The first kappa shape index (κ1) is 27.7. The van der Waals surface area contributed by atoms with Gasteiger partial charge in [0.05, 0.1) is 27.4 Å². The van der Waals surface area contributed by atoms with Crippen molar-refractivity contribution in [2.24, 2.45) is 5.41 Å². The van der Waals surface area contributed by atoms with Crippen molar-refractivity contribution in [2.75, 3.05) is 26.2 Å². The van der Waals surface area contributed by atoms with Gasteiger partial charge in [0.2, 0.25) is 0 Å². The molecule has 7 heteroatoms. The Balaban J connectivity index is 1.58. The van der Waals surface area contributed by atoms with E-state index in [4.69, 9.17) is 14.2 Å². The maximum Gasteiger partial charge on any atom is 0.186 e. The molecule has 0 radical (unpaired) electrons. The SMILES string of the molecule is COc1cccc(C(=O)[C@H]2[C@H](c3cccc(OC)c3OC)C3(C(=O)c4ccccc4C3=O)C3C=Cc4cc(C)ccc4N32)c1. The van der Waals surface area contributed by atoms with Gasteiger partial charge in [-0.25, -0.2) is 0 Å². The van der Waals surface area contributed by atoms with Gasteiger partial charge in [-0.15, -0.1) is 0 Å². The quantitative estimate of drug-likeness (QED) is 0.193. The van der Waals surface area contributed by atoms with Gasteiger partial charge < -0.3 is 19.1 Å². The van der Waals surface area contributed by atoms with E-state index in [1.165, 1.54) is 14.2 Å². The summed E-state index contributed by atoms with van der Waals surface area (Å²) < 4.78 is 17.1. The van der Waals surface area contributed by atoms with E-state index in [9.17, 15) is 14.4 Å². The number of hydrogen-bond acceptors (Lipinski definition) is 7. The largest absolute Gasteiger partial charge is 0.497 e. The molecule has 2 aliphatic heterocycles. The second-order valence-electron chi connectivity index (χ2n) is 11.4. The summed E-state index contributed by atoms with van der Waals surface area (Å²) in [6.07, 6.45) is 3.88. The molecule has 4 aromatic rings. The maximum absolute atomic E-state index is 15.0. The number of fused-ring (bicyclic) bond motifs is 5. The highest BCUT2D eigenvalue weighted by Crippen LogP contribution is 2.62. The predicted octanol–water partition coefficient (Wildman–Crippen LogP) is 6.34. The third-order valence-electron chi connectivity index (χ3n) is 9.35. The first-order chi connectivity index (χ1) is 21.4. The molecule has 0 saturated carbocycles. The zero-order valence-electron chi connectivity index (χ0n) is 24.9. The van der Waals surface area contributed by atoms with Crippen molar-refractivity contribution < 1.29 is 28.6 Å². The van der Waals surface area contributed by atoms with Crippen LogP contribution in [0.4, 0.5) is 5.69 Å². The molecule has 1 unspecified atom stereocenters. The first-order valence-corrected chi connectivity index (χ1v) is 14.5. The van der Waals surface area contributed by atoms with Gasteiger partial charge in [-0.1, -0.05) is 72.3 Å². The number of methoxy groups -OCH3 is 3. The smallest absolute Gasteiger partial charge is 0.186 e. The Morgan fingerprint density at radius 2 is 1.52 bits per heavy atom. The van der Waals surface area contributed by atoms with E-state index >= 15 is 0 Å². The minimum Gasteiger partial charge on any atom is -0.497 e. The molecule has 1 saturated heterocycles. The van der Waals surface area contributed by atoms with E-state index in [1.807, 2.05) is 48.2 Å². The molecule has 1 aliphatic carbocycles. The van der Waals surface area contributed by atoms with Crippen LogP contribution in [0.15, 0.2) is 91.0 Å². The molecule has 7 rings (SSSR count). The van der Waals surface area contributed by atoms with Crippen LogP contribution in [0.5, 0.6) is 17.2 Å². The summed E-state index contributed by atoms with van der Waals surface area (Å²) in [5.41, 5.74) is 2.79. The van der Waals surface area contributed by atoms with Crippen molar-refractivity contribution in [1.29, 1.82) is 0 Å². The Morgan fingerprint density at radius 1 is 0.795 bits per heavy atom. The number of benzene rings is 4. The maximum atomic E-state index is 15.0. The van der Waals surface area contributed by atoms with Crippen molar-refractivity contribution in [3.63, 3.8) is 0 Å². The lowest BCUT2D eigenvalue weighted by atomic mass is 9.64. The molecule has 44 heavy (non-hydrogen) atoms. The topological polar surface area (TPSA) is 82.1 Å². The number of Topliss-reactive ketones (excluding diaryl/α,β-unsaturated/α-hetero) is 3. The second kappa shape index (κ2) is 10.2. The molecule has 1 spiro atoms. The van der Waals surface area contributed by atoms with Crippen LogP contribution in [-0.4, -0.2) is 50.8 Å². The lowest BCUT2D eigenvalue weighted by Crippen LogP contribution is -2.48. The fourth-order valence-electron chi connectivity index (χ4n) is 7.54. The number of para-hydroxylation sites is 1. The van der Waals surface area contributed by atoms with E-state index in [0.717, 1.165) is 16.8 Å². The van der Waals surface area contributed by atoms with Gasteiger partial charge in [0.25, 0.3) is 0 Å². The zero-order chi connectivity index (χ0) is 30.7. The highest BCUT2D eigenvalue weighted by molar-refractivity contribution is 6.32. The molecule has 2 heterocycles. The lowest BCUT2D eigenvalue weighted by molar-refractivity contribution is 0.0664. The zero-order valence-corrected chi connectivity index (χ0v) is 24.9. The van der Waals surface area contributed by atoms with E-state index in [1.54, 1.807) is 67.8 Å². The van der Waals surface area contributed by atoms with E-state index < -0.39 is 23.4 Å². The van der Waals surface area contributed by atoms with E-state index in [2.05, 4.69) is 0 Å². The minimum absolute atomic E-state index is 0.237. The van der Waals surface area contributed by atoms with E-state index in [-0.39, 0.29) is 17.3 Å². The Bertz CT molecular complexity index is 1860. The predicted molar refractivity (Wildman–Crippen MR) is 167 cm³/mol. The van der Waals surface area contributed by atoms with Crippen LogP contribution in [0.2, 0.25) is 0 Å². The van der Waals surface area contributed by atoms with Crippen LogP contribution in [0.1, 0.15) is 53.7 Å². The molecule has 0 bridgehead atoms. The fourth-order valence-corrected chi connectivity index (χ4v) is 7.54. The van der Waals surface area contributed by atoms with Crippen LogP contribution in [0, 0.1) is 12.3 Å². The van der Waals surface area contributed by atoms with Gasteiger partial charge in [0.1, 0.15) is 17.2 Å². The minimum atomic E-state index is -1.65. The summed E-state index contributed by atoms with van der Waals surface area (Å²) in [5, 5.41) is 0. The molecule has 4 aromatic carbocycles. The summed E-state index contributed by atoms with van der Waals surface area (Å²) in [4.78, 5) is 46.8. The number of aryl methyl sites for hydroxylation is 1. The number of rotatable bonds is 6. The molecular weight excluding hydrogens is 554 g/mol. The second-order valence-corrected chi connectivity index (χ2v) is 11.4. The number of nitrogens with zero attached hydrogens (tertiary/aromatic N) is 1. The molecule has 3 atom stereocenters. The van der Waals surface area contributed by atoms with Crippen molar-refractivity contribution in [3.8, 4) is 17.2 Å². The lowest BCUT2D eigenvalue weighted by Gasteiger charge is -2.37. The highest BCUT2D eigenvalue weighted by atomic mass is 16.5. The van der Waals surface area contributed by atoms with Gasteiger partial charge >= 0.3 is 0 Å². The number of carbonyl (C=O) groups is 3. The molecular formula is C37H31NO6. The average molecular weight is 586 g/mol. The number of ether oxygens (including phenoxy) is 3. The number of anilines is 1. The van der Waals surface area contributed by atoms with Gasteiger partial charge in [-0.2, -0.15) is 0 Å². The van der Waals surface area contributed by atoms with Crippen LogP contribution in [0.3, 0.4) is 0 Å².